The maximum absolute atomic E-state index is 11.9. The lowest BCUT2D eigenvalue weighted by Crippen LogP contribution is -2.48. The summed E-state index contributed by atoms with van der Waals surface area (Å²) in [5.41, 5.74) is 1.58. The molecule has 0 unspecified atom stereocenters. The highest BCUT2D eigenvalue weighted by Crippen LogP contribution is 2.18. The van der Waals surface area contributed by atoms with Gasteiger partial charge in [0.05, 0.1) is 6.20 Å². The van der Waals surface area contributed by atoms with Crippen molar-refractivity contribution in [3.63, 3.8) is 0 Å². The first-order valence-corrected chi connectivity index (χ1v) is 6.31. The van der Waals surface area contributed by atoms with Gasteiger partial charge in [-0.05, 0) is 12.1 Å². The predicted octanol–water partition coefficient (Wildman–Crippen LogP) is 2.13. The van der Waals surface area contributed by atoms with Crippen LogP contribution < -0.4 is 10.6 Å². The molecule has 3 rings (SSSR count). The molecule has 0 aliphatic carbocycles. The fourth-order valence-electron chi connectivity index (χ4n) is 1.98. The molecule has 21 heavy (non-hydrogen) atoms. The molecule has 5 nitrogen and oxygen atoms in total. The van der Waals surface area contributed by atoms with E-state index >= 15 is 0 Å². The molecular weight excluding hydrogens is 313 g/mol. The summed E-state index contributed by atoms with van der Waals surface area (Å²) in [5.74, 6) is 1.24. The van der Waals surface area contributed by atoms with Crippen LogP contribution >= 0.6 is 24.8 Å². The highest BCUT2D eigenvalue weighted by atomic mass is 35.5. The minimum absolute atomic E-state index is 0. The van der Waals surface area contributed by atoms with Crippen molar-refractivity contribution in [2.45, 2.75) is 0 Å². The van der Waals surface area contributed by atoms with Crippen LogP contribution in [0.4, 0.5) is 0 Å². The summed E-state index contributed by atoms with van der Waals surface area (Å²) in [4.78, 5) is 15.8. The topological polar surface area (TPSA) is 67.2 Å². The molecule has 1 aliphatic rings. The molecule has 7 heteroatoms. The number of rotatable bonds is 4. The van der Waals surface area contributed by atoms with Crippen LogP contribution in [0.5, 0.6) is 0 Å². The van der Waals surface area contributed by atoms with Gasteiger partial charge in [0, 0.05) is 36.7 Å². The normalized spacial score (nSPS) is 13.5. The fraction of sp³-hybridized carbons (Fsp3) is 0.286. The van der Waals surface area contributed by atoms with Crippen molar-refractivity contribution in [2.75, 3.05) is 19.6 Å². The first-order chi connectivity index (χ1) is 9.33. The van der Waals surface area contributed by atoms with E-state index in [-0.39, 0.29) is 30.7 Å². The number of carbonyl (C=O) groups excluding carboxylic acids is 1. The van der Waals surface area contributed by atoms with Gasteiger partial charge in [-0.25, -0.2) is 4.98 Å². The quantitative estimate of drug-likeness (QED) is 0.901. The van der Waals surface area contributed by atoms with E-state index in [9.17, 15) is 4.79 Å². The number of carbonyl (C=O) groups is 1. The van der Waals surface area contributed by atoms with Crippen LogP contribution in [0.2, 0.25) is 0 Å². The maximum atomic E-state index is 11.9. The van der Waals surface area contributed by atoms with Gasteiger partial charge >= 0.3 is 0 Å². The maximum Gasteiger partial charge on any atom is 0.251 e. The Morgan fingerprint density at radius 3 is 2.52 bits per heavy atom. The van der Waals surface area contributed by atoms with Crippen LogP contribution in [0.15, 0.2) is 41.3 Å². The lowest BCUT2D eigenvalue weighted by molar-refractivity contribution is 0.0942. The Morgan fingerprint density at radius 1 is 1.29 bits per heavy atom. The van der Waals surface area contributed by atoms with Gasteiger partial charge in [0.15, 0.2) is 12.2 Å². The number of aromatic nitrogens is 1. The first-order valence-electron chi connectivity index (χ1n) is 6.31. The molecule has 1 fully saturated rings. The molecule has 114 valence electrons. The van der Waals surface area contributed by atoms with Crippen molar-refractivity contribution in [3.8, 4) is 11.3 Å². The average molecular weight is 330 g/mol. The summed E-state index contributed by atoms with van der Waals surface area (Å²) in [6, 6.07) is 7.32. The zero-order chi connectivity index (χ0) is 13.1. The third-order valence-corrected chi connectivity index (χ3v) is 3.28. The van der Waals surface area contributed by atoms with Crippen molar-refractivity contribution in [3.05, 3.63) is 42.4 Å². The van der Waals surface area contributed by atoms with E-state index in [0.29, 0.717) is 17.2 Å². The van der Waals surface area contributed by atoms with Gasteiger partial charge in [-0.3, -0.25) is 4.79 Å². The number of nitrogens with one attached hydrogen (secondary N) is 2. The summed E-state index contributed by atoms with van der Waals surface area (Å²) in [5, 5.41) is 6.12. The lowest BCUT2D eigenvalue weighted by Gasteiger charge is -2.27. The molecular formula is C14H17Cl2N3O2. The number of hydrogen-bond acceptors (Lipinski definition) is 4. The standard InChI is InChI=1S/C14H15N3O2.2ClH/c18-14(17-7-10-5-15-6-10)12-3-1-11(2-4-12)13-8-16-9-19-13;;/h1-4,8-10,15H,5-7H2,(H,17,18);2*1H. The van der Waals surface area contributed by atoms with Gasteiger partial charge in [0.25, 0.3) is 5.91 Å². The lowest BCUT2D eigenvalue weighted by atomic mass is 10.0. The SMILES string of the molecule is Cl.Cl.O=C(NCC1CNC1)c1ccc(-c2cnco2)cc1. The Kier molecular flexibility index (Phi) is 6.68. The van der Waals surface area contributed by atoms with Crippen molar-refractivity contribution < 1.29 is 9.21 Å². The minimum Gasteiger partial charge on any atom is -0.444 e. The Hall–Kier alpha value is -1.56. The Labute approximate surface area is 135 Å². The van der Waals surface area contributed by atoms with Gasteiger partial charge in [0.1, 0.15) is 0 Å². The Bertz CT molecular complexity index is 554. The molecule has 1 amide bonds. The molecule has 0 spiro atoms. The Morgan fingerprint density at radius 2 is 2.00 bits per heavy atom. The van der Waals surface area contributed by atoms with E-state index in [1.165, 1.54) is 6.39 Å². The van der Waals surface area contributed by atoms with Crippen LogP contribution in [-0.2, 0) is 0 Å². The molecule has 2 aromatic rings. The number of halogens is 2. The van der Waals surface area contributed by atoms with Crippen LogP contribution in [0.3, 0.4) is 0 Å². The monoisotopic (exact) mass is 329 g/mol. The molecule has 0 radical (unpaired) electrons. The molecule has 1 aliphatic heterocycles. The van der Waals surface area contributed by atoms with Crippen LogP contribution in [0, 0.1) is 5.92 Å². The highest BCUT2D eigenvalue weighted by Gasteiger charge is 2.17. The Balaban J connectivity index is 0.00000110. The summed E-state index contributed by atoms with van der Waals surface area (Å²) < 4.78 is 5.20. The third kappa shape index (κ3) is 4.20. The summed E-state index contributed by atoms with van der Waals surface area (Å²) in [6.07, 6.45) is 3.04. The number of nitrogens with zero attached hydrogens (tertiary/aromatic N) is 1. The molecule has 0 saturated carbocycles. The van der Waals surface area contributed by atoms with Gasteiger partial charge < -0.3 is 15.1 Å². The number of oxazole rings is 1. The zero-order valence-corrected chi connectivity index (χ0v) is 12.9. The van der Waals surface area contributed by atoms with Crippen LogP contribution in [0.25, 0.3) is 11.3 Å². The van der Waals surface area contributed by atoms with Gasteiger partial charge in [-0.15, -0.1) is 24.8 Å². The largest absolute Gasteiger partial charge is 0.444 e. The average Bonchev–Trinajstić information content (AvgIpc) is 2.91. The summed E-state index contributed by atoms with van der Waals surface area (Å²) >= 11 is 0. The van der Waals surface area contributed by atoms with Crippen molar-refractivity contribution in [1.29, 1.82) is 0 Å². The van der Waals surface area contributed by atoms with Crippen LogP contribution in [0.1, 0.15) is 10.4 Å². The molecule has 1 aromatic carbocycles. The molecule has 2 heterocycles. The highest BCUT2D eigenvalue weighted by molar-refractivity contribution is 5.94. The van der Waals surface area contributed by atoms with E-state index in [1.807, 2.05) is 12.1 Å². The van der Waals surface area contributed by atoms with Gasteiger partial charge in [-0.2, -0.15) is 0 Å². The summed E-state index contributed by atoms with van der Waals surface area (Å²) in [7, 11) is 0. The molecule has 0 atom stereocenters. The predicted molar refractivity (Wildman–Crippen MR) is 85.1 cm³/mol. The zero-order valence-electron chi connectivity index (χ0n) is 11.2. The number of amides is 1. The van der Waals surface area contributed by atoms with Crippen molar-refractivity contribution in [1.82, 2.24) is 15.6 Å². The van der Waals surface area contributed by atoms with E-state index in [1.54, 1.807) is 18.3 Å². The second-order valence-corrected chi connectivity index (χ2v) is 4.68. The van der Waals surface area contributed by atoms with Gasteiger partial charge in [0.2, 0.25) is 0 Å². The summed E-state index contributed by atoms with van der Waals surface area (Å²) in [6.45, 7) is 2.71. The number of benzene rings is 1. The van der Waals surface area contributed by atoms with E-state index in [4.69, 9.17) is 4.42 Å². The molecule has 1 aromatic heterocycles. The third-order valence-electron chi connectivity index (χ3n) is 3.28. The van der Waals surface area contributed by atoms with Crippen molar-refractivity contribution >= 4 is 30.7 Å². The molecule has 1 saturated heterocycles. The minimum atomic E-state index is -0.0315. The number of hydrogen-bond donors (Lipinski definition) is 2. The van der Waals surface area contributed by atoms with E-state index in [2.05, 4.69) is 15.6 Å². The van der Waals surface area contributed by atoms with Crippen LogP contribution in [-0.4, -0.2) is 30.5 Å². The van der Waals surface area contributed by atoms with E-state index in [0.717, 1.165) is 25.2 Å². The second-order valence-electron chi connectivity index (χ2n) is 4.68. The van der Waals surface area contributed by atoms with Crippen molar-refractivity contribution in [2.24, 2.45) is 5.92 Å². The molecule has 0 bridgehead atoms. The van der Waals surface area contributed by atoms with Gasteiger partial charge in [-0.1, -0.05) is 12.1 Å². The molecule has 2 N–H and O–H groups in total. The first kappa shape index (κ1) is 17.5. The second kappa shape index (κ2) is 8.02. The van der Waals surface area contributed by atoms with E-state index < -0.39 is 0 Å². The fourth-order valence-corrected chi connectivity index (χ4v) is 1.98. The smallest absolute Gasteiger partial charge is 0.251 e.